The lowest BCUT2D eigenvalue weighted by Crippen LogP contribution is -2.56. The van der Waals surface area contributed by atoms with Crippen molar-refractivity contribution in [2.45, 2.75) is 96.4 Å². The van der Waals surface area contributed by atoms with E-state index in [-0.39, 0.29) is 79.9 Å². The number of amides is 5. The summed E-state index contributed by atoms with van der Waals surface area (Å²) < 4.78 is 31.5. The van der Waals surface area contributed by atoms with E-state index in [2.05, 4.69) is 15.6 Å². The van der Waals surface area contributed by atoms with Gasteiger partial charge >= 0.3 is 12.1 Å². The molecule has 288 valence electrons. The van der Waals surface area contributed by atoms with E-state index in [1.165, 1.54) is 39.0 Å². The lowest BCUT2D eigenvalue weighted by molar-refractivity contribution is -0.155. The van der Waals surface area contributed by atoms with Gasteiger partial charge in [0.2, 0.25) is 11.8 Å². The van der Waals surface area contributed by atoms with Crippen molar-refractivity contribution in [3.8, 4) is 5.75 Å². The van der Waals surface area contributed by atoms with Crippen molar-refractivity contribution >= 4 is 46.6 Å². The highest BCUT2D eigenvalue weighted by Crippen LogP contribution is 2.29. The molecular formula is C37H49FN6O9. The van der Waals surface area contributed by atoms with Crippen molar-refractivity contribution in [1.29, 1.82) is 0 Å². The lowest BCUT2D eigenvalue weighted by atomic mass is 9.93. The zero-order chi connectivity index (χ0) is 38.3. The first kappa shape index (κ1) is 39.2. The molecule has 5 rings (SSSR count). The fourth-order valence-electron chi connectivity index (χ4n) is 6.54. The van der Waals surface area contributed by atoms with E-state index >= 15 is 4.39 Å². The molecule has 2 atom stereocenters. The van der Waals surface area contributed by atoms with Crippen LogP contribution in [0, 0.1) is 5.82 Å². The fraction of sp³-hybridized carbons (Fsp3) is 0.595. The molecule has 2 unspecified atom stereocenters. The third-order valence-corrected chi connectivity index (χ3v) is 9.44. The highest BCUT2D eigenvalue weighted by Gasteiger charge is 2.36. The van der Waals surface area contributed by atoms with Crippen LogP contribution in [0.4, 0.5) is 9.18 Å². The summed E-state index contributed by atoms with van der Waals surface area (Å²) in [5.74, 6) is -3.29. The Morgan fingerprint density at radius 2 is 1.70 bits per heavy atom. The van der Waals surface area contributed by atoms with Crippen molar-refractivity contribution < 1.29 is 47.4 Å². The Morgan fingerprint density at radius 3 is 2.36 bits per heavy atom. The maximum Gasteiger partial charge on any atom is 0.409 e. The Labute approximate surface area is 307 Å². The third kappa shape index (κ3) is 10.1. The molecule has 53 heavy (non-hydrogen) atoms. The minimum Gasteiger partial charge on any atom is -0.483 e. The van der Waals surface area contributed by atoms with Crippen LogP contribution >= 0.6 is 0 Å². The molecule has 16 heteroatoms. The molecule has 1 aromatic carbocycles. The molecule has 1 aliphatic carbocycles. The maximum absolute atomic E-state index is 15.2. The summed E-state index contributed by atoms with van der Waals surface area (Å²) >= 11 is 0. The van der Waals surface area contributed by atoms with Crippen molar-refractivity contribution in [2.24, 2.45) is 0 Å². The number of carbonyl (C=O) groups is 6. The number of nitrogens with one attached hydrogen (secondary N) is 2. The van der Waals surface area contributed by atoms with Gasteiger partial charge in [0.1, 0.15) is 34.9 Å². The number of nitrogens with zero attached hydrogens (tertiary/aromatic N) is 4. The molecule has 1 saturated carbocycles. The zero-order valence-corrected chi connectivity index (χ0v) is 30.8. The third-order valence-electron chi connectivity index (χ3n) is 9.44. The second-order valence-electron chi connectivity index (χ2n) is 14.5. The summed E-state index contributed by atoms with van der Waals surface area (Å²) in [5.41, 5.74) is -0.902. The predicted octanol–water partition coefficient (Wildman–Crippen LogP) is 2.93. The molecule has 2 saturated heterocycles. The summed E-state index contributed by atoms with van der Waals surface area (Å²) in [6.45, 7) is 7.72. The molecule has 1 aromatic heterocycles. The van der Waals surface area contributed by atoms with Gasteiger partial charge in [-0.05, 0) is 78.4 Å². The molecule has 2 aliphatic heterocycles. The minimum atomic E-state index is -1.18. The van der Waals surface area contributed by atoms with Gasteiger partial charge in [-0.3, -0.25) is 24.0 Å². The number of aromatic nitrogens is 1. The SMILES string of the molecule is CCOC(=O)N1CCN(C(=O)C(CCC(=O)OC(C)(C)C)NC(=O)c2cc(OCC(=O)N3CCCC3C(=O)NC3CCC3)c3c(F)cccc3n2)CC1. The van der Waals surface area contributed by atoms with Gasteiger partial charge in [0.25, 0.3) is 11.8 Å². The number of likely N-dealkylation sites (tertiary alicyclic amines) is 1. The number of ether oxygens (including phenoxy) is 3. The molecule has 0 spiro atoms. The van der Waals surface area contributed by atoms with E-state index in [0.717, 1.165) is 19.3 Å². The number of carbonyl (C=O) groups excluding carboxylic acids is 6. The normalized spacial score (nSPS) is 18.2. The van der Waals surface area contributed by atoms with Crippen molar-refractivity contribution in [3.63, 3.8) is 0 Å². The molecular weight excluding hydrogens is 691 g/mol. The van der Waals surface area contributed by atoms with E-state index in [9.17, 15) is 28.8 Å². The molecule has 2 N–H and O–H groups in total. The minimum absolute atomic E-state index is 0.0467. The van der Waals surface area contributed by atoms with E-state index in [0.29, 0.717) is 19.4 Å². The Kier molecular flexibility index (Phi) is 12.7. The van der Waals surface area contributed by atoms with Crippen molar-refractivity contribution in [2.75, 3.05) is 45.9 Å². The largest absolute Gasteiger partial charge is 0.483 e. The van der Waals surface area contributed by atoms with Gasteiger partial charge < -0.3 is 39.5 Å². The van der Waals surface area contributed by atoms with Crippen LogP contribution in [0.25, 0.3) is 10.9 Å². The quantitative estimate of drug-likeness (QED) is 0.308. The average Bonchev–Trinajstić information content (AvgIpc) is 3.60. The van der Waals surface area contributed by atoms with Crippen molar-refractivity contribution in [3.05, 3.63) is 35.8 Å². The predicted molar refractivity (Wildman–Crippen MR) is 189 cm³/mol. The van der Waals surface area contributed by atoms with Crippen LogP contribution in [0.5, 0.6) is 5.75 Å². The van der Waals surface area contributed by atoms with Crippen LogP contribution < -0.4 is 15.4 Å². The summed E-state index contributed by atoms with van der Waals surface area (Å²) in [6.07, 6.45) is 3.31. The molecule has 3 fully saturated rings. The molecule has 3 aliphatic rings. The van der Waals surface area contributed by atoms with Crippen LogP contribution in [0.1, 0.15) is 83.1 Å². The van der Waals surface area contributed by atoms with Crippen LogP contribution in [0.2, 0.25) is 0 Å². The number of rotatable bonds is 12. The number of hydrogen-bond acceptors (Lipinski definition) is 10. The summed E-state index contributed by atoms with van der Waals surface area (Å²) in [7, 11) is 0. The van der Waals surface area contributed by atoms with E-state index in [1.54, 1.807) is 27.7 Å². The van der Waals surface area contributed by atoms with Crippen LogP contribution in [0.15, 0.2) is 24.3 Å². The van der Waals surface area contributed by atoms with Gasteiger partial charge in [-0.2, -0.15) is 0 Å². The molecule has 5 amide bonds. The van der Waals surface area contributed by atoms with E-state index in [1.807, 2.05) is 0 Å². The topological polar surface area (TPSA) is 177 Å². The first-order chi connectivity index (χ1) is 25.2. The molecule has 15 nitrogen and oxygen atoms in total. The lowest BCUT2D eigenvalue weighted by Gasteiger charge is -2.36. The van der Waals surface area contributed by atoms with Crippen molar-refractivity contribution in [1.82, 2.24) is 30.3 Å². The van der Waals surface area contributed by atoms with Gasteiger partial charge in [-0.1, -0.05) is 6.07 Å². The zero-order valence-electron chi connectivity index (χ0n) is 30.8. The number of pyridine rings is 1. The van der Waals surface area contributed by atoms with Gasteiger partial charge in [0.05, 0.1) is 17.5 Å². The van der Waals surface area contributed by atoms with Crippen LogP contribution in [-0.4, -0.2) is 125 Å². The first-order valence-electron chi connectivity index (χ1n) is 18.3. The maximum atomic E-state index is 15.2. The second kappa shape index (κ2) is 17.2. The molecule has 2 aromatic rings. The van der Waals surface area contributed by atoms with Gasteiger partial charge in [-0.25, -0.2) is 14.2 Å². The summed E-state index contributed by atoms with van der Waals surface area (Å²) in [4.78, 5) is 87.5. The number of fused-ring (bicyclic) bond motifs is 1. The highest BCUT2D eigenvalue weighted by molar-refractivity contribution is 5.99. The average molecular weight is 741 g/mol. The number of piperazine rings is 1. The number of hydrogen-bond donors (Lipinski definition) is 2. The van der Waals surface area contributed by atoms with Gasteiger partial charge in [0, 0.05) is 51.3 Å². The second-order valence-corrected chi connectivity index (χ2v) is 14.5. The van der Waals surface area contributed by atoms with E-state index < -0.39 is 59.9 Å². The summed E-state index contributed by atoms with van der Waals surface area (Å²) in [5, 5.41) is 5.64. The standard InChI is InChI=1S/C37H49FN6O9/c1-5-51-36(50)43-19-17-42(18-20-43)35(49)26(14-15-31(46)53-37(2,3)4)41-33(47)27-21-29(32-24(38)11-7-12-25(32)40-27)52-22-30(45)44-16-8-13-28(44)34(48)39-23-9-6-10-23/h7,11-12,21,23,26,28H,5-6,8-10,13-20,22H2,1-4H3,(H,39,48)(H,41,47). The smallest absolute Gasteiger partial charge is 0.409 e. The van der Waals surface area contributed by atoms with Crippen LogP contribution in [-0.2, 0) is 28.7 Å². The molecule has 0 bridgehead atoms. The Hall–Kier alpha value is -5.02. The Morgan fingerprint density at radius 1 is 0.981 bits per heavy atom. The number of halogens is 1. The molecule has 3 heterocycles. The number of benzene rings is 1. The first-order valence-corrected chi connectivity index (χ1v) is 18.3. The van der Waals surface area contributed by atoms with Gasteiger partial charge in [-0.15, -0.1) is 0 Å². The Bertz CT molecular complexity index is 1700. The molecule has 0 radical (unpaired) electrons. The summed E-state index contributed by atoms with van der Waals surface area (Å²) in [6, 6.07) is 3.62. The van der Waals surface area contributed by atoms with E-state index in [4.69, 9.17) is 14.2 Å². The Balaban J connectivity index is 1.32. The number of esters is 1. The highest BCUT2D eigenvalue weighted by atomic mass is 19.1. The van der Waals surface area contributed by atoms with Crippen LogP contribution in [0.3, 0.4) is 0 Å². The van der Waals surface area contributed by atoms with Gasteiger partial charge in [0.15, 0.2) is 6.61 Å². The monoisotopic (exact) mass is 740 g/mol. The fourth-order valence-corrected chi connectivity index (χ4v) is 6.54.